The van der Waals surface area contributed by atoms with Crippen LogP contribution in [0.25, 0.3) is 38.5 Å². The van der Waals surface area contributed by atoms with E-state index in [1.807, 2.05) is 65.3 Å². The van der Waals surface area contributed by atoms with Gasteiger partial charge in [0.25, 0.3) is 0 Å². The van der Waals surface area contributed by atoms with Gasteiger partial charge in [0.15, 0.2) is 0 Å². The number of nitrogens with zero attached hydrogens (tertiary/aromatic N) is 2. The summed E-state index contributed by atoms with van der Waals surface area (Å²) in [6.07, 6.45) is 14.3. The van der Waals surface area contributed by atoms with Crippen molar-refractivity contribution in [2.24, 2.45) is 0 Å². The second-order valence-corrected chi connectivity index (χ2v) is 12.7. The Bertz CT molecular complexity index is 2340. The number of benzene rings is 4. The first-order valence-corrected chi connectivity index (χ1v) is 16.7. The van der Waals surface area contributed by atoms with Gasteiger partial charge in [0.05, 0.1) is 22.3 Å². The molecule has 0 aliphatic carbocycles. The summed E-state index contributed by atoms with van der Waals surface area (Å²) in [5.74, 6) is -1.72. The van der Waals surface area contributed by atoms with Crippen LogP contribution < -0.4 is 5.35 Å². The predicted molar refractivity (Wildman–Crippen MR) is 181 cm³/mol. The maximum Gasteiger partial charge on any atom is 0.303 e. The van der Waals surface area contributed by atoms with Gasteiger partial charge in [-0.2, -0.15) is 4.58 Å². The Labute approximate surface area is 271 Å². The Morgan fingerprint density at radius 3 is 2.23 bits per heavy atom. The zero-order chi connectivity index (χ0) is 33.1. The van der Waals surface area contributed by atoms with Crippen LogP contribution in [0.1, 0.15) is 31.2 Å². The summed E-state index contributed by atoms with van der Waals surface area (Å²) in [6.45, 7) is 0.978. The topological polar surface area (TPSA) is 140 Å². The second kappa shape index (κ2) is 13.2. The molecule has 0 radical (unpaired) electrons. The van der Waals surface area contributed by atoms with Gasteiger partial charge in [0, 0.05) is 58.6 Å². The molecular formula is C37H32N2O7S. The average molecular weight is 649 g/mol. The molecule has 47 heavy (non-hydrogen) atoms. The number of carbonyl (C=O) groups is 2. The summed E-state index contributed by atoms with van der Waals surface area (Å²) >= 11 is 0. The Balaban J connectivity index is 1.30. The van der Waals surface area contributed by atoms with Crippen molar-refractivity contribution in [1.29, 1.82) is 0 Å². The predicted octanol–water partition coefficient (Wildman–Crippen LogP) is 5.90. The third-order valence-electron chi connectivity index (χ3n) is 8.34. The first-order chi connectivity index (χ1) is 22.6. The summed E-state index contributed by atoms with van der Waals surface area (Å²) in [5, 5.41) is 23.7. The van der Waals surface area contributed by atoms with Crippen molar-refractivity contribution in [1.82, 2.24) is 4.57 Å². The van der Waals surface area contributed by atoms with E-state index in [2.05, 4.69) is 28.8 Å². The van der Waals surface area contributed by atoms with Crippen molar-refractivity contribution < 1.29 is 37.3 Å². The molecule has 1 aromatic heterocycles. The van der Waals surface area contributed by atoms with E-state index in [9.17, 15) is 32.8 Å². The minimum Gasteiger partial charge on any atom is -0.744 e. The van der Waals surface area contributed by atoms with Gasteiger partial charge in [0.2, 0.25) is 11.4 Å². The van der Waals surface area contributed by atoms with Crippen LogP contribution in [0.2, 0.25) is 0 Å². The van der Waals surface area contributed by atoms with Crippen LogP contribution in [0, 0.1) is 0 Å². The molecule has 0 unspecified atom stereocenters. The van der Waals surface area contributed by atoms with Gasteiger partial charge < -0.3 is 19.3 Å². The van der Waals surface area contributed by atoms with Crippen LogP contribution in [0.5, 0.6) is 0 Å². The molecule has 9 nitrogen and oxygen atoms in total. The molecule has 2 N–H and O–H groups in total. The highest BCUT2D eigenvalue weighted by Gasteiger charge is 2.31. The van der Waals surface area contributed by atoms with Crippen molar-refractivity contribution in [3.63, 3.8) is 0 Å². The van der Waals surface area contributed by atoms with Crippen LogP contribution in [-0.4, -0.2) is 56.5 Å². The zero-order valence-corrected chi connectivity index (χ0v) is 26.2. The minimum atomic E-state index is -4.70. The molecule has 1 aliphatic rings. The molecule has 2 heterocycles. The molecule has 0 atom stereocenters. The Kier molecular flexibility index (Phi) is 8.88. The van der Waals surface area contributed by atoms with Crippen LogP contribution in [0.3, 0.4) is 0 Å². The molecule has 238 valence electrons. The maximum atomic E-state index is 12.0. The van der Waals surface area contributed by atoms with Gasteiger partial charge in [-0.15, -0.1) is 0 Å². The maximum absolute atomic E-state index is 12.0. The van der Waals surface area contributed by atoms with Crippen molar-refractivity contribution >= 4 is 72.0 Å². The highest BCUT2D eigenvalue weighted by molar-refractivity contribution is 7.86. The van der Waals surface area contributed by atoms with E-state index in [4.69, 9.17) is 0 Å². The number of aliphatic carboxylic acids is 2. The molecule has 4 aromatic carbocycles. The normalized spacial score (nSPS) is 14.0. The number of rotatable bonds is 13. The van der Waals surface area contributed by atoms with Crippen molar-refractivity contribution in [2.75, 3.05) is 6.54 Å². The molecular weight excluding hydrogens is 616 g/mol. The molecule has 5 aromatic rings. The SMILES string of the molecule is O=C(O)CCCn1/c(=C/C=C/C=C/C=C/C2=[N+](CCCC(=O)O)c3ccc(S(=O)(=O)[O-])c4cccc2c34)c2cccc3cccc1c32. The molecule has 0 amide bonds. The summed E-state index contributed by atoms with van der Waals surface area (Å²) < 4.78 is 40.1. The van der Waals surface area contributed by atoms with Gasteiger partial charge in [-0.25, -0.2) is 8.42 Å². The number of hydrogen-bond donors (Lipinski definition) is 2. The molecule has 0 bridgehead atoms. The van der Waals surface area contributed by atoms with Crippen LogP contribution in [0.15, 0.2) is 108 Å². The van der Waals surface area contributed by atoms with Crippen molar-refractivity contribution in [2.45, 2.75) is 37.1 Å². The summed E-state index contributed by atoms with van der Waals surface area (Å²) in [6, 6.07) is 20.4. The molecule has 10 heteroatoms. The number of allylic oxidation sites excluding steroid dienone is 6. The van der Waals surface area contributed by atoms with Crippen LogP contribution >= 0.6 is 0 Å². The van der Waals surface area contributed by atoms with Crippen molar-refractivity contribution in [3.05, 3.63) is 114 Å². The Morgan fingerprint density at radius 2 is 1.47 bits per heavy atom. The number of aryl methyl sites for hydroxylation is 1. The van der Waals surface area contributed by atoms with Crippen LogP contribution in [0.4, 0.5) is 5.69 Å². The van der Waals surface area contributed by atoms with Gasteiger partial charge >= 0.3 is 11.9 Å². The highest BCUT2D eigenvalue weighted by Crippen LogP contribution is 2.39. The summed E-state index contributed by atoms with van der Waals surface area (Å²) in [5.41, 5.74) is 3.34. The van der Waals surface area contributed by atoms with Crippen LogP contribution in [-0.2, 0) is 26.3 Å². The van der Waals surface area contributed by atoms with E-state index in [1.54, 1.807) is 18.2 Å². The standard InChI is InChI=1S/C37H32N2O7S/c40-34(41)19-9-23-38-29(26-13-6-11-25-12-7-18-31(38)36(25)26)16-4-2-1-3-5-17-30-27-14-8-15-28-33(47(44,45)46)22-21-32(37(27)28)39(30)24-10-20-35(42)43/h1-8,11-18,21-22H,9-10,19-20,23-24H2,(H2-,40,41,42,43,44,45,46). The highest BCUT2D eigenvalue weighted by atomic mass is 32.2. The summed E-state index contributed by atoms with van der Waals surface area (Å²) in [4.78, 5) is 22.1. The Morgan fingerprint density at radius 1 is 0.787 bits per heavy atom. The molecule has 6 rings (SSSR count). The fourth-order valence-corrected chi connectivity index (χ4v) is 7.11. The van der Waals surface area contributed by atoms with E-state index in [0.29, 0.717) is 36.7 Å². The van der Waals surface area contributed by atoms with Crippen molar-refractivity contribution in [3.8, 4) is 0 Å². The quantitative estimate of drug-likeness (QED) is 0.0921. The van der Waals surface area contributed by atoms with Gasteiger partial charge in [-0.1, -0.05) is 72.8 Å². The van der Waals surface area contributed by atoms with Gasteiger partial charge in [-0.05, 0) is 36.1 Å². The monoisotopic (exact) mass is 648 g/mol. The molecule has 0 saturated heterocycles. The fourth-order valence-electron chi connectivity index (χ4n) is 6.43. The lowest BCUT2D eigenvalue weighted by Gasteiger charge is -2.10. The Hall–Kier alpha value is -5.32. The van der Waals surface area contributed by atoms with Gasteiger partial charge in [-0.3, -0.25) is 9.59 Å². The largest absolute Gasteiger partial charge is 0.744 e. The van der Waals surface area contributed by atoms with E-state index in [1.165, 1.54) is 6.07 Å². The minimum absolute atomic E-state index is 0.0171. The smallest absolute Gasteiger partial charge is 0.303 e. The van der Waals surface area contributed by atoms with Gasteiger partial charge in [0.1, 0.15) is 16.7 Å². The van der Waals surface area contributed by atoms with E-state index in [-0.39, 0.29) is 17.7 Å². The average Bonchev–Trinajstić information content (AvgIpc) is 3.50. The fraction of sp³-hybridized carbons (Fsp3) is 0.162. The second-order valence-electron chi connectivity index (χ2n) is 11.3. The number of hydrogen-bond acceptors (Lipinski definition) is 5. The lowest BCUT2D eigenvalue weighted by Crippen LogP contribution is -2.17. The molecule has 1 aliphatic heterocycles. The first kappa shape index (κ1) is 31.7. The molecule has 0 saturated carbocycles. The summed E-state index contributed by atoms with van der Waals surface area (Å²) in [7, 11) is -4.70. The molecule has 0 spiro atoms. The number of carboxylic acid groups (broad SMARTS) is 2. The first-order valence-electron chi connectivity index (χ1n) is 15.3. The number of aromatic nitrogens is 1. The zero-order valence-electron chi connectivity index (χ0n) is 25.4. The lowest BCUT2D eigenvalue weighted by molar-refractivity contribution is -0.436. The van der Waals surface area contributed by atoms with E-state index < -0.39 is 22.1 Å². The van der Waals surface area contributed by atoms with E-state index >= 15 is 0 Å². The van der Waals surface area contributed by atoms with E-state index in [0.717, 1.165) is 44.0 Å². The molecule has 0 fully saturated rings. The third-order valence-corrected chi connectivity index (χ3v) is 9.24. The third kappa shape index (κ3) is 6.38. The number of carboxylic acids is 2. The lowest BCUT2D eigenvalue weighted by atomic mass is 10.0.